The Labute approximate surface area is 111 Å². The average molecular weight is 254 g/mol. The van der Waals surface area contributed by atoms with E-state index in [2.05, 4.69) is 4.98 Å². The third-order valence-corrected chi connectivity index (χ3v) is 3.11. The van der Waals surface area contributed by atoms with Crippen LogP contribution in [0.5, 0.6) is 11.5 Å². The maximum atomic E-state index is 5.33. The third kappa shape index (κ3) is 2.01. The van der Waals surface area contributed by atoms with E-state index in [1.807, 2.05) is 47.1 Å². The molecule has 1 aromatic carbocycles. The van der Waals surface area contributed by atoms with Crippen LogP contribution in [0.15, 0.2) is 48.9 Å². The Hall–Kier alpha value is -2.49. The summed E-state index contributed by atoms with van der Waals surface area (Å²) in [5.74, 6) is 1.46. The smallest absolute Gasteiger partial charge is 0.161 e. The summed E-state index contributed by atoms with van der Waals surface area (Å²) in [6.07, 6.45) is 5.76. The van der Waals surface area contributed by atoms with E-state index in [9.17, 15) is 0 Å². The second-order valence-electron chi connectivity index (χ2n) is 4.18. The van der Waals surface area contributed by atoms with Crippen molar-refractivity contribution in [1.82, 2.24) is 9.38 Å². The van der Waals surface area contributed by atoms with Gasteiger partial charge in [0.25, 0.3) is 0 Å². The van der Waals surface area contributed by atoms with Gasteiger partial charge in [-0.3, -0.25) is 0 Å². The predicted octanol–water partition coefficient (Wildman–Crippen LogP) is 3.02. The Morgan fingerprint density at radius 1 is 0.947 bits per heavy atom. The highest BCUT2D eigenvalue weighted by Crippen LogP contribution is 2.32. The Kier molecular flexibility index (Phi) is 2.83. The highest BCUT2D eigenvalue weighted by molar-refractivity contribution is 5.68. The lowest BCUT2D eigenvalue weighted by molar-refractivity contribution is 0.355. The molecule has 3 aromatic rings. The number of methoxy groups -OCH3 is 2. The highest BCUT2D eigenvalue weighted by atomic mass is 16.5. The molecule has 0 spiro atoms. The van der Waals surface area contributed by atoms with Gasteiger partial charge >= 0.3 is 0 Å². The number of nitrogens with zero attached hydrogens (tertiary/aromatic N) is 2. The molecule has 0 saturated heterocycles. The molecule has 4 nitrogen and oxygen atoms in total. The van der Waals surface area contributed by atoms with Crippen LogP contribution >= 0.6 is 0 Å². The molecular weight excluding hydrogens is 240 g/mol. The SMILES string of the molecule is COc1ccc(-c2ccc3nccn3c2)cc1OC. The summed E-state index contributed by atoms with van der Waals surface area (Å²) < 4.78 is 12.6. The van der Waals surface area contributed by atoms with E-state index in [1.165, 1.54) is 0 Å². The van der Waals surface area contributed by atoms with Crippen LogP contribution in [-0.4, -0.2) is 23.6 Å². The molecule has 0 atom stereocenters. The van der Waals surface area contributed by atoms with Crippen molar-refractivity contribution in [2.45, 2.75) is 0 Å². The maximum Gasteiger partial charge on any atom is 0.161 e. The van der Waals surface area contributed by atoms with Gasteiger partial charge in [-0.2, -0.15) is 0 Å². The van der Waals surface area contributed by atoms with Crippen LogP contribution in [0.2, 0.25) is 0 Å². The number of benzene rings is 1. The second kappa shape index (κ2) is 4.65. The van der Waals surface area contributed by atoms with Gasteiger partial charge in [0.2, 0.25) is 0 Å². The van der Waals surface area contributed by atoms with E-state index >= 15 is 0 Å². The quantitative estimate of drug-likeness (QED) is 0.720. The van der Waals surface area contributed by atoms with Gasteiger partial charge in [0.05, 0.1) is 14.2 Å². The first kappa shape index (κ1) is 11.6. The normalized spacial score (nSPS) is 10.6. The van der Waals surface area contributed by atoms with Gasteiger partial charge in [-0.15, -0.1) is 0 Å². The van der Waals surface area contributed by atoms with Crippen molar-refractivity contribution in [1.29, 1.82) is 0 Å². The molecule has 19 heavy (non-hydrogen) atoms. The molecule has 0 N–H and O–H groups in total. The zero-order valence-electron chi connectivity index (χ0n) is 10.8. The van der Waals surface area contributed by atoms with Crippen LogP contribution in [0.1, 0.15) is 0 Å². The van der Waals surface area contributed by atoms with Crippen molar-refractivity contribution in [2.75, 3.05) is 14.2 Å². The number of ether oxygens (including phenoxy) is 2. The number of pyridine rings is 1. The molecule has 0 aliphatic heterocycles. The summed E-state index contributed by atoms with van der Waals surface area (Å²) >= 11 is 0. The van der Waals surface area contributed by atoms with E-state index in [0.29, 0.717) is 0 Å². The highest BCUT2D eigenvalue weighted by Gasteiger charge is 2.06. The van der Waals surface area contributed by atoms with Gasteiger partial charge in [0.15, 0.2) is 11.5 Å². The predicted molar refractivity (Wildman–Crippen MR) is 73.7 cm³/mol. The van der Waals surface area contributed by atoms with Crippen molar-refractivity contribution in [2.24, 2.45) is 0 Å². The van der Waals surface area contributed by atoms with Gasteiger partial charge in [0.1, 0.15) is 5.65 Å². The molecule has 0 fully saturated rings. The molecule has 0 radical (unpaired) electrons. The zero-order chi connectivity index (χ0) is 13.2. The largest absolute Gasteiger partial charge is 0.493 e. The van der Waals surface area contributed by atoms with Gasteiger partial charge in [-0.05, 0) is 35.4 Å². The molecule has 0 saturated carbocycles. The van der Waals surface area contributed by atoms with Crippen LogP contribution in [-0.2, 0) is 0 Å². The van der Waals surface area contributed by atoms with Gasteiger partial charge in [-0.1, -0.05) is 6.07 Å². The lowest BCUT2D eigenvalue weighted by Gasteiger charge is -2.10. The molecule has 0 aliphatic carbocycles. The van der Waals surface area contributed by atoms with E-state index in [1.54, 1.807) is 20.4 Å². The monoisotopic (exact) mass is 254 g/mol. The lowest BCUT2D eigenvalue weighted by Crippen LogP contribution is -1.91. The van der Waals surface area contributed by atoms with Crippen molar-refractivity contribution in [3.63, 3.8) is 0 Å². The Bertz CT molecular complexity index is 719. The van der Waals surface area contributed by atoms with E-state index in [4.69, 9.17) is 9.47 Å². The molecule has 3 rings (SSSR count). The number of imidazole rings is 1. The molecule has 2 aromatic heterocycles. The Balaban J connectivity index is 2.09. The fraction of sp³-hybridized carbons (Fsp3) is 0.133. The minimum absolute atomic E-state index is 0.728. The first-order valence-electron chi connectivity index (χ1n) is 5.97. The Morgan fingerprint density at radius 3 is 2.53 bits per heavy atom. The van der Waals surface area contributed by atoms with Gasteiger partial charge in [0, 0.05) is 18.6 Å². The summed E-state index contributed by atoms with van der Waals surface area (Å²) in [4.78, 5) is 4.23. The van der Waals surface area contributed by atoms with Crippen molar-refractivity contribution in [3.05, 3.63) is 48.9 Å². The number of aromatic nitrogens is 2. The maximum absolute atomic E-state index is 5.33. The molecular formula is C15H14N2O2. The van der Waals surface area contributed by atoms with Crippen molar-refractivity contribution >= 4 is 5.65 Å². The van der Waals surface area contributed by atoms with Crippen LogP contribution in [0.25, 0.3) is 16.8 Å². The summed E-state index contributed by atoms with van der Waals surface area (Å²) in [6.45, 7) is 0. The molecule has 0 unspecified atom stereocenters. The zero-order valence-corrected chi connectivity index (χ0v) is 10.8. The van der Waals surface area contributed by atoms with E-state index < -0.39 is 0 Å². The van der Waals surface area contributed by atoms with Gasteiger partial charge in [-0.25, -0.2) is 4.98 Å². The number of hydrogen-bond donors (Lipinski definition) is 0. The summed E-state index contributed by atoms with van der Waals surface area (Å²) in [7, 11) is 3.27. The van der Waals surface area contributed by atoms with Gasteiger partial charge < -0.3 is 13.9 Å². The van der Waals surface area contributed by atoms with Crippen LogP contribution in [0.4, 0.5) is 0 Å². The topological polar surface area (TPSA) is 35.8 Å². The van der Waals surface area contributed by atoms with Crippen LogP contribution in [0, 0.1) is 0 Å². The summed E-state index contributed by atoms with van der Waals surface area (Å²) in [5.41, 5.74) is 3.11. The molecule has 2 heterocycles. The van der Waals surface area contributed by atoms with Crippen LogP contribution < -0.4 is 9.47 Å². The minimum atomic E-state index is 0.728. The fourth-order valence-corrected chi connectivity index (χ4v) is 2.11. The molecule has 0 aliphatic rings. The first-order valence-corrected chi connectivity index (χ1v) is 5.97. The second-order valence-corrected chi connectivity index (χ2v) is 4.18. The number of rotatable bonds is 3. The summed E-state index contributed by atoms with van der Waals surface area (Å²) in [5, 5.41) is 0. The third-order valence-electron chi connectivity index (χ3n) is 3.11. The van der Waals surface area contributed by atoms with Crippen LogP contribution in [0.3, 0.4) is 0 Å². The molecule has 0 bridgehead atoms. The Morgan fingerprint density at radius 2 is 1.74 bits per heavy atom. The first-order chi connectivity index (χ1) is 9.31. The van der Waals surface area contributed by atoms with Crippen molar-refractivity contribution < 1.29 is 9.47 Å². The summed E-state index contributed by atoms with van der Waals surface area (Å²) in [6, 6.07) is 9.93. The number of hydrogen-bond acceptors (Lipinski definition) is 3. The lowest BCUT2D eigenvalue weighted by atomic mass is 10.1. The van der Waals surface area contributed by atoms with Crippen molar-refractivity contribution in [3.8, 4) is 22.6 Å². The molecule has 4 heteroatoms. The molecule has 0 amide bonds. The average Bonchev–Trinajstić information content (AvgIpc) is 2.93. The van der Waals surface area contributed by atoms with E-state index in [-0.39, 0.29) is 0 Å². The number of fused-ring (bicyclic) bond motifs is 1. The molecule has 96 valence electrons. The minimum Gasteiger partial charge on any atom is -0.493 e. The fourth-order valence-electron chi connectivity index (χ4n) is 2.11. The standard InChI is InChI=1S/C15H14N2O2/c1-18-13-5-3-11(9-14(13)19-2)12-4-6-15-16-7-8-17(15)10-12/h3-10H,1-2H3. The van der Waals surface area contributed by atoms with E-state index in [0.717, 1.165) is 28.3 Å².